The van der Waals surface area contributed by atoms with Crippen molar-refractivity contribution in [3.63, 3.8) is 0 Å². The largest absolute Gasteiger partial charge is 0.466 e. The van der Waals surface area contributed by atoms with Crippen molar-refractivity contribution >= 4 is 17.8 Å². The standard InChI is InChI=1S/C27H36F3N3O4/c1-4-7-15-33(25(35)20-31(5-2)24(34)13-14-26(36)37-6-3)19-23-12-9-16-32(23)18-21-10-8-11-22(17-21)27(28,29)30/h8-12,16-17H,4-7,13-15,18-20H2,1-3H3. The van der Waals surface area contributed by atoms with Crippen LogP contribution in [0.15, 0.2) is 42.6 Å². The molecule has 2 aromatic rings. The molecule has 0 aliphatic carbocycles. The Bertz CT molecular complexity index is 1040. The predicted molar refractivity (Wildman–Crippen MR) is 133 cm³/mol. The molecular formula is C27H36F3N3O4. The predicted octanol–water partition coefficient (Wildman–Crippen LogP) is 4.88. The Balaban J connectivity index is 2.11. The minimum Gasteiger partial charge on any atom is -0.466 e. The third-order valence-corrected chi connectivity index (χ3v) is 5.93. The van der Waals surface area contributed by atoms with E-state index in [1.807, 2.05) is 17.6 Å². The molecule has 2 amide bonds. The Kier molecular flexibility index (Phi) is 11.7. The van der Waals surface area contributed by atoms with E-state index in [1.165, 1.54) is 11.0 Å². The molecule has 0 saturated heterocycles. The first-order valence-corrected chi connectivity index (χ1v) is 12.6. The molecule has 0 unspecified atom stereocenters. The summed E-state index contributed by atoms with van der Waals surface area (Å²) in [4.78, 5) is 40.5. The van der Waals surface area contributed by atoms with Crippen LogP contribution in [0.25, 0.3) is 0 Å². The number of likely N-dealkylation sites (N-methyl/N-ethyl adjacent to an activating group) is 1. The van der Waals surface area contributed by atoms with Crippen LogP contribution in [-0.4, -0.2) is 58.4 Å². The van der Waals surface area contributed by atoms with Gasteiger partial charge in [-0.15, -0.1) is 0 Å². The summed E-state index contributed by atoms with van der Waals surface area (Å²) in [6.45, 7) is 6.90. The lowest BCUT2D eigenvalue weighted by Crippen LogP contribution is -2.43. The molecule has 7 nitrogen and oxygen atoms in total. The molecule has 1 aromatic heterocycles. The van der Waals surface area contributed by atoms with Gasteiger partial charge in [-0.1, -0.05) is 25.5 Å². The summed E-state index contributed by atoms with van der Waals surface area (Å²) in [5.74, 6) is -0.983. The number of esters is 1. The van der Waals surface area contributed by atoms with E-state index in [-0.39, 0.29) is 50.9 Å². The molecule has 204 valence electrons. The van der Waals surface area contributed by atoms with Gasteiger partial charge in [0.25, 0.3) is 0 Å². The maximum absolute atomic E-state index is 13.2. The summed E-state index contributed by atoms with van der Waals surface area (Å²) in [5.41, 5.74) is 0.576. The van der Waals surface area contributed by atoms with Gasteiger partial charge in [-0.05, 0) is 50.1 Å². The van der Waals surface area contributed by atoms with E-state index >= 15 is 0 Å². The molecule has 1 aromatic carbocycles. The molecule has 0 aliphatic rings. The number of nitrogens with zero attached hydrogens (tertiary/aromatic N) is 3. The van der Waals surface area contributed by atoms with Crippen molar-refractivity contribution in [3.05, 3.63) is 59.4 Å². The van der Waals surface area contributed by atoms with Crippen LogP contribution in [0.2, 0.25) is 0 Å². The zero-order valence-electron chi connectivity index (χ0n) is 21.7. The second-order valence-electron chi connectivity index (χ2n) is 8.71. The summed E-state index contributed by atoms with van der Waals surface area (Å²) in [6.07, 6.45) is -1.09. The number of alkyl halides is 3. The number of hydrogen-bond acceptors (Lipinski definition) is 4. The highest BCUT2D eigenvalue weighted by Crippen LogP contribution is 2.29. The second kappa shape index (κ2) is 14.4. The molecule has 37 heavy (non-hydrogen) atoms. The molecule has 1 heterocycles. The molecule has 0 N–H and O–H groups in total. The first-order valence-electron chi connectivity index (χ1n) is 12.6. The van der Waals surface area contributed by atoms with Crippen molar-refractivity contribution in [2.24, 2.45) is 0 Å². The van der Waals surface area contributed by atoms with Crippen LogP contribution in [0, 0.1) is 0 Å². The van der Waals surface area contributed by atoms with Crippen molar-refractivity contribution in [1.82, 2.24) is 14.4 Å². The fourth-order valence-corrected chi connectivity index (χ4v) is 3.87. The molecule has 2 rings (SSSR count). The quantitative estimate of drug-likeness (QED) is 0.331. The lowest BCUT2D eigenvalue weighted by Gasteiger charge is -2.27. The van der Waals surface area contributed by atoms with Crippen LogP contribution in [0.3, 0.4) is 0 Å². The SMILES string of the molecule is CCCCN(Cc1cccn1Cc1cccc(C(F)(F)F)c1)C(=O)CN(CC)C(=O)CCC(=O)OCC. The highest BCUT2D eigenvalue weighted by molar-refractivity contribution is 5.86. The van der Waals surface area contributed by atoms with Crippen LogP contribution in [0.1, 0.15) is 63.3 Å². The summed E-state index contributed by atoms with van der Waals surface area (Å²) in [5, 5.41) is 0. The number of aromatic nitrogens is 1. The molecule has 0 aliphatic heterocycles. The van der Waals surface area contributed by atoms with Crippen molar-refractivity contribution in [2.45, 2.75) is 65.7 Å². The van der Waals surface area contributed by atoms with Gasteiger partial charge < -0.3 is 19.1 Å². The van der Waals surface area contributed by atoms with E-state index in [9.17, 15) is 27.6 Å². The first kappa shape index (κ1) is 29.9. The number of amides is 2. The van der Waals surface area contributed by atoms with Gasteiger partial charge in [0.15, 0.2) is 0 Å². The molecule has 0 atom stereocenters. The number of ether oxygens (including phenoxy) is 1. The van der Waals surface area contributed by atoms with Crippen molar-refractivity contribution in [2.75, 3.05) is 26.2 Å². The zero-order valence-corrected chi connectivity index (χ0v) is 21.7. The lowest BCUT2D eigenvalue weighted by molar-refractivity contribution is -0.146. The topological polar surface area (TPSA) is 71.9 Å². The Labute approximate surface area is 216 Å². The summed E-state index contributed by atoms with van der Waals surface area (Å²) >= 11 is 0. The number of benzene rings is 1. The van der Waals surface area contributed by atoms with Crippen LogP contribution in [0.4, 0.5) is 13.2 Å². The maximum Gasteiger partial charge on any atom is 0.416 e. The molecule has 0 spiro atoms. The summed E-state index contributed by atoms with van der Waals surface area (Å²) < 4.78 is 46.0. The van der Waals surface area contributed by atoms with Gasteiger partial charge in [-0.3, -0.25) is 14.4 Å². The van der Waals surface area contributed by atoms with Crippen molar-refractivity contribution < 1.29 is 32.3 Å². The van der Waals surface area contributed by atoms with Gasteiger partial charge in [-0.25, -0.2) is 0 Å². The summed E-state index contributed by atoms with van der Waals surface area (Å²) in [7, 11) is 0. The minimum atomic E-state index is -4.42. The maximum atomic E-state index is 13.2. The number of carbonyl (C=O) groups excluding carboxylic acids is 3. The Morgan fingerprint density at radius 3 is 2.38 bits per heavy atom. The van der Waals surface area contributed by atoms with E-state index in [4.69, 9.17) is 4.74 Å². The highest BCUT2D eigenvalue weighted by Gasteiger charge is 2.30. The fourth-order valence-electron chi connectivity index (χ4n) is 3.87. The molecule has 10 heteroatoms. The van der Waals surface area contributed by atoms with Gasteiger partial charge in [0.1, 0.15) is 0 Å². The first-order chi connectivity index (χ1) is 17.6. The smallest absolute Gasteiger partial charge is 0.416 e. The molecule has 0 bridgehead atoms. The second-order valence-corrected chi connectivity index (χ2v) is 8.71. The van der Waals surface area contributed by atoms with Gasteiger partial charge in [-0.2, -0.15) is 13.2 Å². The minimum absolute atomic E-state index is 0.0330. The number of unbranched alkanes of at least 4 members (excludes halogenated alkanes) is 1. The average Bonchev–Trinajstić information content (AvgIpc) is 3.29. The normalized spacial score (nSPS) is 11.3. The third-order valence-electron chi connectivity index (χ3n) is 5.93. The van der Waals surface area contributed by atoms with Crippen LogP contribution >= 0.6 is 0 Å². The van der Waals surface area contributed by atoms with E-state index in [0.29, 0.717) is 18.7 Å². The molecular weight excluding hydrogens is 487 g/mol. The van der Waals surface area contributed by atoms with Crippen LogP contribution in [-0.2, 0) is 38.4 Å². The van der Waals surface area contributed by atoms with E-state index in [0.717, 1.165) is 30.7 Å². The van der Waals surface area contributed by atoms with E-state index < -0.39 is 17.7 Å². The number of rotatable bonds is 14. The van der Waals surface area contributed by atoms with Gasteiger partial charge in [0.2, 0.25) is 11.8 Å². The van der Waals surface area contributed by atoms with E-state index in [2.05, 4.69) is 0 Å². The van der Waals surface area contributed by atoms with Gasteiger partial charge in [0, 0.05) is 37.9 Å². The Morgan fingerprint density at radius 1 is 0.973 bits per heavy atom. The number of hydrogen-bond donors (Lipinski definition) is 0. The lowest BCUT2D eigenvalue weighted by atomic mass is 10.1. The Morgan fingerprint density at radius 2 is 1.73 bits per heavy atom. The molecule has 0 saturated carbocycles. The fraction of sp³-hybridized carbons (Fsp3) is 0.519. The average molecular weight is 524 g/mol. The van der Waals surface area contributed by atoms with Gasteiger partial charge in [0.05, 0.1) is 31.7 Å². The number of halogens is 3. The molecule has 0 radical (unpaired) electrons. The van der Waals surface area contributed by atoms with E-state index in [1.54, 1.807) is 37.1 Å². The van der Waals surface area contributed by atoms with Gasteiger partial charge >= 0.3 is 12.1 Å². The summed E-state index contributed by atoms with van der Waals surface area (Å²) in [6, 6.07) is 8.82. The zero-order chi connectivity index (χ0) is 27.4. The Hall–Kier alpha value is -3.30. The highest BCUT2D eigenvalue weighted by atomic mass is 19.4. The van der Waals surface area contributed by atoms with Crippen LogP contribution < -0.4 is 0 Å². The monoisotopic (exact) mass is 523 g/mol. The van der Waals surface area contributed by atoms with Crippen molar-refractivity contribution in [1.29, 1.82) is 0 Å². The number of carbonyl (C=O) groups is 3. The molecule has 0 fully saturated rings. The van der Waals surface area contributed by atoms with Crippen LogP contribution in [0.5, 0.6) is 0 Å². The van der Waals surface area contributed by atoms with Crippen molar-refractivity contribution in [3.8, 4) is 0 Å². The third kappa shape index (κ3) is 9.59.